The van der Waals surface area contributed by atoms with Crippen molar-refractivity contribution >= 4 is 35.0 Å². The molecule has 27 heavy (non-hydrogen) atoms. The molecule has 2 aromatic rings. The number of cyclic esters (lactones) is 2. The Kier molecular flexibility index (Phi) is 3.11. The van der Waals surface area contributed by atoms with E-state index in [1.807, 2.05) is 12.1 Å². The first-order chi connectivity index (χ1) is 13.0. The summed E-state index contributed by atoms with van der Waals surface area (Å²) in [7, 11) is 0. The fourth-order valence-electron chi connectivity index (χ4n) is 5.91. The second-order valence-corrected chi connectivity index (χ2v) is 9.96. The minimum Gasteiger partial charge on any atom is -0.508 e. The van der Waals surface area contributed by atoms with Crippen LogP contribution in [0.4, 0.5) is 0 Å². The Morgan fingerprint density at radius 2 is 1.81 bits per heavy atom. The van der Waals surface area contributed by atoms with Crippen LogP contribution in [-0.2, 0) is 14.3 Å². The van der Waals surface area contributed by atoms with Crippen LogP contribution in [0.3, 0.4) is 0 Å². The summed E-state index contributed by atoms with van der Waals surface area (Å²) in [6.07, 6.45) is 0.821. The van der Waals surface area contributed by atoms with E-state index in [1.54, 1.807) is 23.9 Å². The number of H-pyrrole nitrogens is 1. The highest BCUT2D eigenvalue weighted by atomic mass is 32.2. The Morgan fingerprint density at radius 3 is 2.59 bits per heavy atom. The second kappa shape index (κ2) is 5.26. The largest absolute Gasteiger partial charge is 0.508 e. The lowest BCUT2D eigenvalue weighted by Gasteiger charge is -2.42. The number of phenolic OH excluding ortho intramolecular Hbond substituents is 1. The summed E-state index contributed by atoms with van der Waals surface area (Å²) in [5, 5.41) is 11.5. The summed E-state index contributed by atoms with van der Waals surface area (Å²) in [4.78, 5) is 40.4. The minimum absolute atomic E-state index is 0.0337. The van der Waals surface area contributed by atoms with Gasteiger partial charge >= 0.3 is 16.8 Å². The number of benzene rings is 1. The van der Waals surface area contributed by atoms with E-state index in [0.717, 1.165) is 21.9 Å². The van der Waals surface area contributed by atoms with Gasteiger partial charge in [0, 0.05) is 21.6 Å². The number of hydrogen-bond donors (Lipinski definition) is 2. The number of rotatable bonds is 1. The lowest BCUT2D eigenvalue weighted by atomic mass is 9.68. The summed E-state index contributed by atoms with van der Waals surface area (Å²) in [5.41, 5.74) is 0.783. The number of aromatic nitrogens is 1. The molecule has 0 unspecified atom stereocenters. The van der Waals surface area contributed by atoms with Crippen molar-refractivity contribution in [2.24, 2.45) is 29.6 Å². The average molecular weight is 401 g/mol. The summed E-state index contributed by atoms with van der Waals surface area (Å²) in [5.74, 6) is -1.29. The van der Waals surface area contributed by atoms with Crippen LogP contribution >= 0.6 is 23.1 Å². The van der Waals surface area contributed by atoms with E-state index in [2.05, 4.69) is 4.98 Å². The molecular weight excluding hydrogens is 386 g/mol. The predicted molar refractivity (Wildman–Crippen MR) is 97.7 cm³/mol. The average Bonchev–Trinajstić information content (AvgIpc) is 3.35. The minimum atomic E-state index is -0.398. The van der Waals surface area contributed by atoms with Crippen LogP contribution < -0.4 is 4.87 Å². The lowest BCUT2D eigenvalue weighted by molar-refractivity contribution is -0.154. The maximum absolute atomic E-state index is 12.3. The molecule has 7 atom stereocenters. The van der Waals surface area contributed by atoms with E-state index in [1.165, 1.54) is 11.3 Å². The SMILES string of the molecule is O=C1OC(=O)[C@@H]2[C@H]3C[C@H]([C@@H]12)[C@@H]1[C@@H](c2ccccc2O)c2sc(=O)[nH]c2S[C@H]31. The molecule has 6 nitrogen and oxygen atoms in total. The van der Waals surface area contributed by atoms with Gasteiger partial charge in [-0.1, -0.05) is 29.5 Å². The van der Waals surface area contributed by atoms with E-state index in [4.69, 9.17) is 4.74 Å². The van der Waals surface area contributed by atoms with Crippen LogP contribution in [0.5, 0.6) is 5.75 Å². The second-order valence-electron chi connectivity index (χ2n) is 7.76. The molecule has 3 fully saturated rings. The van der Waals surface area contributed by atoms with Crippen molar-refractivity contribution in [1.82, 2.24) is 4.98 Å². The number of ether oxygens (including phenoxy) is 1. The number of aromatic hydroxyl groups is 1. The third-order valence-corrected chi connectivity index (χ3v) is 9.32. The Balaban J connectivity index is 1.55. The molecule has 1 aromatic heterocycles. The van der Waals surface area contributed by atoms with Crippen LogP contribution in [0.15, 0.2) is 34.1 Å². The Hall–Kier alpha value is -2.06. The molecule has 2 saturated carbocycles. The van der Waals surface area contributed by atoms with Gasteiger partial charge in [0.1, 0.15) is 5.75 Å². The zero-order chi connectivity index (χ0) is 18.4. The molecule has 0 radical (unpaired) electrons. The standard InChI is InChI=1S/C19H15NO5S2/c21-9-4-2-1-3-6(9)10-11-7-5-8(13-12(7)17(22)25-18(13)23)14(11)26-16-15(10)27-19(24)20-16/h1-4,7-8,10-14,21H,5H2,(H,20,24)/t7-,8+,10+,11+,12+,13+,14+/m0/s1. The molecule has 2 aliphatic heterocycles. The van der Waals surface area contributed by atoms with E-state index in [0.29, 0.717) is 0 Å². The number of phenols is 1. The molecule has 6 rings (SSSR count). The number of carbonyl (C=O) groups excluding carboxylic acids is 2. The van der Waals surface area contributed by atoms with E-state index in [9.17, 15) is 19.5 Å². The quantitative estimate of drug-likeness (QED) is 0.562. The van der Waals surface area contributed by atoms with E-state index >= 15 is 0 Å². The zero-order valence-electron chi connectivity index (χ0n) is 14.0. The van der Waals surface area contributed by atoms with Gasteiger partial charge in [0.15, 0.2) is 0 Å². The summed E-state index contributed by atoms with van der Waals surface area (Å²) in [6, 6.07) is 7.20. The summed E-state index contributed by atoms with van der Waals surface area (Å²) < 4.78 is 4.97. The highest BCUT2D eigenvalue weighted by Gasteiger charge is 2.69. The number of thiazole rings is 1. The molecular formula is C19H15NO5S2. The van der Waals surface area contributed by atoms with Gasteiger partial charge in [-0.2, -0.15) is 0 Å². The number of fused-ring (bicyclic) bond motifs is 9. The van der Waals surface area contributed by atoms with Crippen molar-refractivity contribution in [2.45, 2.75) is 22.6 Å². The topological polar surface area (TPSA) is 96.5 Å². The molecule has 2 N–H and O–H groups in total. The smallest absolute Gasteiger partial charge is 0.317 e. The van der Waals surface area contributed by atoms with Crippen molar-refractivity contribution in [2.75, 3.05) is 0 Å². The van der Waals surface area contributed by atoms with Gasteiger partial charge in [0.05, 0.1) is 16.9 Å². The van der Waals surface area contributed by atoms with Crippen molar-refractivity contribution in [1.29, 1.82) is 0 Å². The number of aromatic amines is 1. The third-order valence-electron chi connectivity index (χ3n) is 6.73. The number of para-hydroxylation sites is 1. The summed E-state index contributed by atoms with van der Waals surface area (Å²) >= 11 is 2.80. The number of esters is 2. The summed E-state index contributed by atoms with van der Waals surface area (Å²) in [6.45, 7) is 0. The number of thioether (sulfide) groups is 1. The molecule has 2 aliphatic carbocycles. The van der Waals surface area contributed by atoms with Gasteiger partial charge in [0.2, 0.25) is 0 Å². The van der Waals surface area contributed by atoms with Crippen molar-refractivity contribution in [3.8, 4) is 5.75 Å². The van der Waals surface area contributed by atoms with Crippen molar-refractivity contribution in [3.63, 3.8) is 0 Å². The van der Waals surface area contributed by atoms with Crippen LogP contribution in [-0.4, -0.2) is 27.3 Å². The van der Waals surface area contributed by atoms with E-state index in [-0.39, 0.29) is 57.3 Å². The van der Waals surface area contributed by atoms with Gasteiger partial charge in [-0.25, -0.2) is 0 Å². The van der Waals surface area contributed by atoms with Gasteiger partial charge < -0.3 is 14.8 Å². The highest BCUT2D eigenvalue weighted by molar-refractivity contribution is 8.00. The first-order valence-electron chi connectivity index (χ1n) is 8.97. The van der Waals surface area contributed by atoms with Crippen molar-refractivity contribution < 1.29 is 19.4 Å². The predicted octanol–water partition coefficient (Wildman–Crippen LogP) is 2.33. The molecule has 2 bridgehead atoms. The molecule has 4 aliphatic rings. The van der Waals surface area contributed by atoms with E-state index < -0.39 is 5.97 Å². The molecule has 138 valence electrons. The maximum atomic E-state index is 12.3. The van der Waals surface area contributed by atoms with Gasteiger partial charge in [-0.15, -0.1) is 11.8 Å². The molecule has 0 amide bonds. The Bertz CT molecular complexity index is 1060. The monoisotopic (exact) mass is 401 g/mol. The van der Waals surface area contributed by atoms with Gasteiger partial charge in [-0.05, 0) is 30.2 Å². The first kappa shape index (κ1) is 15.9. The number of carbonyl (C=O) groups is 2. The first-order valence-corrected chi connectivity index (χ1v) is 10.7. The van der Waals surface area contributed by atoms with Crippen LogP contribution in [0.25, 0.3) is 0 Å². The molecule has 1 aromatic carbocycles. The number of hydrogen-bond acceptors (Lipinski definition) is 7. The fraction of sp³-hybridized carbons (Fsp3) is 0.421. The number of nitrogens with one attached hydrogen (secondary N) is 1. The molecule has 3 heterocycles. The normalized spacial score (nSPS) is 38.4. The molecule has 0 spiro atoms. The molecule has 1 saturated heterocycles. The lowest BCUT2D eigenvalue weighted by Crippen LogP contribution is -2.42. The molecule has 8 heteroatoms. The van der Waals surface area contributed by atoms with Gasteiger partial charge in [-0.3, -0.25) is 14.4 Å². The van der Waals surface area contributed by atoms with Crippen LogP contribution in [0, 0.1) is 29.6 Å². The Morgan fingerprint density at radius 1 is 1.07 bits per heavy atom. The van der Waals surface area contributed by atoms with Crippen molar-refractivity contribution in [3.05, 3.63) is 44.4 Å². The highest BCUT2D eigenvalue weighted by Crippen LogP contribution is 2.68. The van der Waals surface area contributed by atoms with Crippen LogP contribution in [0.1, 0.15) is 22.8 Å². The zero-order valence-corrected chi connectivity index (χ0v) is 15.6. The third kappa shape index (κ3) is 1.95. The maximum Gasteiger partial charge on any atom is 0.317 e. The fourth-order valence-corrected chi connectivity index (χ4v) is 8.79. The van der Waals surface area contributed by atoms with Gasteiger partial charge in [0.25, 0.3) is 0 Å². The van der Waals surface area contributed by atoms with Crippen LogP contribution in [0.2, 0.25) is 0 Å². The Labute approximate surface area is 161 Å².